The van der Waals surface area contributed by atoms with Gasteiger partial charge < -0.3 is 29.2 Å². The van der Waals surface area contributed by atoms with E-state index < -0.39 is 5.41 Å². The summed E-state index contributed by atoms with van der Waals surface area (Å²) in [5.41, 5.74) is 2.86. The van der Waals surface area contributed by atoms with Crippen LogP contribution < -0.4 is 29.2 Å². The molecule has 0 unspecified atom stereocenters. The number of anilines is 1. The third kappa shape index (κ3) is 4.54. The number of fused-ring (bicyclic) bond motifs is 6. The lowest BCUT2D eigenvalue weighted by Crippen LogP contribution is -2.47. The summed E-state index contributed by atoms with van der Waals surface area (Å²) in [6, 6.07) is 19.6. The van der Waals surface area contributed by atoms with Crippen molar-refractivity contribution in [1.29, 1.82) is 0 Å². The number of amides is 2. The van der Waals surface area contributed by atoms with Gasteiger partial charge in [0.25, 0.3) is 0 Å². The Morgan fingerprint density at radius 1 is 0.976 bits per heavy atom. The maximum Gasteiger partial charge on any atom is 0.240 e. The third-order valence-corrected chi connectivity index (χ3v) is 8.43. The Hall–Kier alpha value is -4.24. The molecule has 3 aliphatic heterocycles. The molecule has 0 aliphatic carbocycles. The molecule has 3 heterocycles. The highest BCUT2D eigenvalue weighted by Crippen LogP contribution is 2.57. The maximum absolute atomic E-state index is 14.6. The summed E-state index contributed by atoms with van der Waals surface area (Å²) in [4.78, 5) is 31.5. The fourth-order valence-corrected chi connectivity index (χ4v) is 6.70. The van der Waals surface area contributed by atoms with Crippen molar-refractivity contribution in [2.45, 2.75) is 30.8 Å². The molecule has 1 spiro atoms. The molecule has 9 heteroatoms. The number of methoxy groups -OCH3 is 3. The first-order valence-corrected chi connectivity index (χ1v) is 13.9. The van der Waals surface area contributed by atoms with Crippen LogP contribution in [-0.2, 0) is 21.5 Å². The SMILES string of the molecule is COc1cc(CN2CC[C@]34C(=O)N(CC(=O)NCCCOc5cccc(c5)[C@H]23)c2ccccc24)cc(OC)c1OC. The second-order valence-electron chi connectivity index (χ2n) is 10.7. The number of benzene rings is 3. The Morgan fingerprint density at radius 2 is 1.76 bits per heavy atom. The lowest BCUT2D eigenvalue weighted by Gasteiger charge is -2.35. The molecule has 0 radical (unpaired) electrons. The van der Waals surface area contributed by atoms with E-state index in [2.05, 4.69) is 22.3 Å². The zero-order valence-electron chi connectivity index (χ0n) is 23.6. The number of para-hydroxylation sites is 1. The van der Waals surface area contributed by atoms with E-state index in [0.29, 0.717) is 56.3 Å². The minimum atomic E-state index is -0.861. The van der Waals surface area contributed by atoms with Gasteiger partial charge in [-0.25, -0.2) is 0 Å². The third-order valence-electron chi connectivity index (χ3n) is 8.43. The normalized spacial score (nSPS) is 22.2. The Balaban J connectivity index is 1.49. The van der Waals surface area contributed by atoms with Crippen LogP contribution in [-0.4, -0.2) is 64.3 Å². The lowest BCUT2D eigenvalue weighted by molar-refractivity contribution is -0.127. The molecule has 214 valence electrons. The number of nitrogens with one attached hydrogen (secondary N) is 1. The van der Waals surface area contributed by atoms with Gasteiger partial charge in [0.05, 0.1) is 39.4 Å². The summed E-state index contributed by atoms with van der Waals surface area (Å²) in [7, 11) is 4.80. The summed E-state index contributed by atoms with van der Waals surface area (Å²) >= 11 is 0. The van der Waals surface area contributed by atoms with Gasteiger partial charge in [-0.15, -0.1) is 0 Å². The number of hydrogen-bond donors (Lipinski definition) is 1. The molecule has 3 aromatic rings. The average molecular weight is 558 g/mol. The van der Waals surface area contributed by atoms with E-state index in [9.17, 15) is 9.59 Å². The van der Waals surface area contributed by atoms with Gasteiger partial charge in [0, 0.05) is 25.3 Å². The second-order valence-corrected chi connectivity index (χ2v) is 10.7. The first-order chi connectivity index (χ1) is 20.0. The van der Waals surface area contributed by atoms with Crippen LogP contribution in [0, 0.1) is 0 Å². The van der Waals surface area contributed by atoms with Gasteiger partial charge in [-0.05, 0) is 59.9 Å². The average Bonchev–Trinajstić information content (AvgIpc) is 3.48. The highest BCUT2D eigenvalue weighted by atomic mass is 16.5. The molecule has 3 aliphatic rings. The van der Waals surface area contributed by atoms with Crippen molar-refractivity contribution in [1.82, 2.24) is 10.2 Å². The van der Waals surface area contributed by atoms with Crippen molar-refractivity contribution in [3.05, 3.63) is 77.4 Å². The van der Waals surface area contributed by atoms with Crippen molar-refractivity contribution < 1.29 is 28.5 Å². The maximum atomic E-state index is 14.6. The van der Waals surface area contributed by atoms with E-state index in [1.807, 2.05) is 48.5 Å². The highest BCUT2D eigenvalue weighted by molar-refractivity contribution is 6.11. The summed E-state index contributed by atoms with van der Waals surface area (Å²) < 4.78 is 22.9. The van der Waals surface area contributed by atoms with Gasteiger partial charge in [0.15, 0.2) is 11.5 Å². The van der Waals surface area contributed by atoms with Gasteiger partial charge in [-0.1, -0.05) is 30.3 Å². The van der Waals surface area contributed by atoms with Crippen LogP contribution in [0.4, 0.5) is 5.69 Å². The molecule has 4 bridgehead atoms. The van der Waals surface area contributed by atoms with Crippen LogP contribution in [0.25, 0.3) is 0 Å². The highest BCUT2D eigenvalue weighted by Gasteiger charge is 2.60. The molecule has 1 fully saturated rings. The number of likely N-dealkylation sites (tertiary alicyclic amines) is 1. The van der Waals surface area contributed by atoms with E-state index in [0.717, 1.165) is 28.1 Å². The van der Waals surface area contributed by atoms with Crippen molar-refractivity contribution in [3.63, 3.8) is 0 Å². The van der Waals surface area contributed by atoms with E-state index in [1.54, 1.807) is 26.2 Å². The van der Waals surface area contributed by atoms with Crippen LogP contribution in [0.1, 0.15) is 35.6 Å². The summed E-state index contributed by atoms with van der Waals surface area (Å²) in [6.45, 7) is 2.17. The molecule has 2 atom stereocenters. The van der Waals surface area contributed by atoms with Crippen LogP contribution >= 0.6 is 0 Å². The van der Waals surface area contributed by atoms with Crippen LogP contribution in [0.5, 0.6) is 23.0 Å². The number of carbonyl (C=O) groups excluding carboxylic acids is 2. The molecule has 3 aromatic carbocycles. The standard InChI is InChI=1S/C32H35N3O6/c1-38-26-16-21(17-27(39-2)29(26)40-3)19-34-14-12-32-24-10-4-5-11-25(24)35(31(32)37)20-28(36)33-13-7-15-41-23-9-6-8-22(18-23)30(32)34/h4-6,8-11,16-18,30H,7,12-15,19-20H2,1-3H3,(H,33,36)/t30-,32+/m0/s1. The molecule has 2 amide bonds. The number of carbonyl (C=O) groups is 2. The fourth-order valence-electron chi connectivity index (χ4n) is 6.70. The van der Waals surface area contributed by atoms with Crippen molar-refractivity contribution in [2.24, 2.45) is 0 Å². The van der Waals surface area contributed by atoms with Gasteiger partial charge in [0.2, 0.25) is 17.6 Å². The van der Waals surface area contributed by atoms with Gasteiger partial charge in [0.1, 0.15) is 12.3 Å². The Labute approximate surface area is 239 Å². The van der Waals surface area contributed by atoms with Gasteiger partial charge in [-0.2, -0.15) is 0 Å². The van der Waals surface area contributed by atoms with Crippen molar-refractivity contribution >= 4 is 17.5 Å². The largest absolute Gasteiger partial charge is 0.494 e. The molecule has 1 N–H and O–H groups in total. The van der Waals surface area contributed by atoms with Gasteiger partial charge >= 0.3 is 0 Å². The van der Waals surface area contributed by atoms with Crippen LogP contribution in [0.15, 0.2) is 60.7 Å². The first-order valence-electron chi connectivity index (χ1n) is 13.9. The second kappa shape index (κ2) is 11.0. The summed E-state index contributed by atoms with van der Waals surface area (Å²) in [6.07, 6.45) is 1.28. The minimum absolute atomic E-state index is 0.0158. The number of ether oxygens (including phenoxy) is 4. The molecule has 0 saturated carbocycles. The quantitative estimate of drug-likeness (QED) is 0.510. The first kappa shape index (κ1) is 27.0. The molecule has 1 saturated heterocycles. The number of rotatable bonds is 5. The Bertz CT molecular complexity index is 1450. The monoisotopic (exact) mass is 557 g/mol. The zero-order valence-corrected chi connectivity index (χ0v) is 23.6. The predicted octanol–water partition coefficient (Wildman–Crippen LogP) is 3.84. The summed E-state index contributed by atoms with van der Waals surface area (Å²) in [5, 5.41) is 2.95. The zero-order chi connectivity index (χ0) is 28.6. The number of nitrogens with zero attached hydrogens (tertiary/aromatic N) is 2. The van der Waals surface area contributed by atoms with E-state index in [4.69, 9.17) is 18.9 Å². The fraction of sp³-hybridized carbons (Fsp3) is 0.375. The minimum Gasteiger partial charge on any atom is -0.494 e. The molecular formula is C32H35N3O6. The van der Waals surface area contributed by atoms with Crippen molar-refractivity contribution in [3.8, 4) is 23.0 Å². The molecule has 9 nitrogen and oxygen atoms in total. The topological polar surface area (TPSA) is 89.6 Å². The van der Waals surface area contributed by atoms with E-state index in [-0.39, 0.29) is 24.4 Å². The van der Waals surface area contributed by atoms with Crippen LogP contribution in [0.2, 0.25) is 0 Å². The Kier molecular flexibility index (Phi) is 7.21. The Morgan fingerprint density at radius 3 is 2.51 bits per heavy atom. The smallest absolute Gasteiger partial charge is 0.240 e. The number of hydrogen-bond acceptors (Lipinski definition) is 7. The van der Waals surface area contributed by atoms with Crippen LogP contribution in [0.3, 0.4) is 0 Å². The van der Waals surface area contributed by atoms with E-state index in [1.165, 1.54) is 0 Å². The van der Waals surface area contributed by atoms with Crippen molar-refractivity contribution in [2.75, 3.05) is 52.5 Å². The molecule has 6 rings (SSSR count). The molecular weight excluding hydrogens is 522 g/mol. The lowest BCUT2D eigenvalue weighted by atomic mass is 9.72. The van der Waals surface area contributed by atoms with Gasteiger partial charge in [-0.3, -0.25) is 14.5 Å². The molecule has 41 heavy (non-hydrogen) atoms. The van der Waals surface area contributed by atoms with E-state index >= 15 is 0 Å². The predicted molar refractivity (Wildman–Crippen MR) is 154 cm³/mol. The summed E-state index contributed by atoms with van der Waals surface area (Å²) in [5.74, 6) is 2.22. The molecule has 0 aromatic heterocycles.